The molecule has 0 amide bonds. The van der Waals surface area contributed by atoms with Gasteiger partial charge in [-0.2, -0.15) is 0 Å². The molecule has 78 valence electrons. The first kappa shape index (κ1) is 12.8. The number of para-hydroxylation sites is 1. The third-order valence-corrected chi connectivity index (χ3v) is 1.73. The molecule has 1 aromatic rings. The predicted molar refractivity (Wildman–Crippen MR) is 54.4 cm³/mol. The first-order valence-corrected chi connectivity index (χ1v) is 3.76. The Labute approximate surface area is 87.1 Å². The van der Waals surface area contributed by atoms with Gasteiger partial charge in [0.1, 0.15) is 0 Å². The molecule has 0 saturated heterocycles. The van der Waals surface area contributed by atoms with Gasteiger partial charge in [-0.05, 0) is 0 Å². The highest BCUT2D eigenvalue weighted by molar-refractivity contribution is 5.85. The van der Waals surface area contributed by atoms with E-state index >= 15 is 0 Å². The number of rotatable bonds is 3. The van der Waals surface area contributed by atoms with Gasteiger partial charge in [0.15, 0.2) is 0 Å². The lowest BCUT2D eigenvalue weighted by Gasteiger charge is -2.07. The van der Waals surface area contributed by atoms with Crippen molar-refractivity contribution in [3.8, 4) is 0 Å². The van der Waals surface area contributed by atoms with Crippen LogP contribution in [0.2, 0.25) is 0 Å². The van der Waals surface area contributed by atoms with E-state index in [4.69, 9.17) is 10.8 Å². The zero-order chi connectivity index (χ0) is 9.84. The normalized spacial score (nSPS) is 11.6. The molecular weight excluding hydrogens is 208 g/mol. The SMILES string of the molecule is Cl.N[C@H](CO)c1ccccc1[N+](=O)[O-]. The standard InChI is InChI=1S/C8H10N2O3.ClH/c9-7(5-11)6-3-1-2-4-8(6)10(12)13;/h1-4,7,11H,5,9H2;1H/t7-;/m1./s1. The van der Waals surface area contributed by atoms with Crippen LogP contribution in [0.1, 0.15) is 11.6 Å². The number of hydrogen-bond donors (Lipinski definition) is 2. The fourth-order valence-corrected chi connectivity index (χ4v) is 1.07. The van der Waals surface area contributed by atoms with Crippen molar-refractivity contribution < 1.29 is 10.0 Å². The second-order valence-electron chi connectivity index (χ2n) is 2.60. The van der Waals surface area contributed by atoms with Crippen LogP contribution in [0.15, 0.2) is 24.3 Å². The number of aliphatic hydroxyl groups is 1. The summed E-state index contributed by atoms with van der Waals surface area (Å²) in [6.45, 7) is -0.301. The molecule has 0 fully saturated rings. The maximum absolute atomic E-state index is 10.5. The van der Waals surface area contributed by atoms with E-state index in [1.54, 1.807) is 18.2 Å². The predicted octanol–water partition coefficient (Wildman–Crippen LogP) is 1.01. The zero-order valence-electron chi connectivity index (χ0n) is 7.29. The Morgan fingerprint density at radius 1 is 1.50 bits per heavy atom. The maximum Gasteiger partial charge on any atom is 0.274 e. The Bertz CT molecular complexity index is 319. The third kappa shape index (κ3) is 2.66. The van der Waals surface area contributed by atoms with Gasteiger partial charge in [0, 0.05) is 11.6 Å². The molecular formula is C8H11ClN2O3. The number of nitrogens with zero attached hydrogens (tertiary/aromatic N) is 1. The van der Waals surface area contributed by atoms with Crippen molar-refractivity contribution >= 4 is 18.1 Å². The Morgan fingerprint density at radius 2 is 2.07 bits per heavy atom. The minimum Gasteiger partial charge on any atom is -0.394 e. The second-order valence-corrected chi connectivity index (χ2v) is 2.60. The molecule has 1 atom stereocenters. The highest BCUT2D eigenvalue weighted by Gasteiger charge is 2.17. The number of halogens is 1. The summed E-state index contributed by atoms with van der Waals surface area (Å²) in [6, 6.07) is 5.43. The van der Waals surface area contributed by atoms with Gasteiger partial charge in [-0.15, -0.1) is 12.4 Å². The van der Waals surface area contributed by atoms with Crippen LogP contribution in [0.4, 0.5) is 5.69 Å². The molecule has 1 aromatic carbocycles. The molecule has 3 N–H and O–H groups in total. The summed E-state index contributed by atoms with van der Waals surface area (Å²) >= 11 is 0. The minimum absolute atomic E-state index is 0. The Hall–Kier alpha value is -1.17. The van der Waals surface area contributed by atoms with Crippen LogP contribution in [-0.4, -0.2) is 16.6 Å². The fraction of sp³-hybridized carbons (Fsp3) is 0.250. The Morgan fingerprint density at radius 3 is 2.57 bits per heavy atom. The number of nitro benzene ring substituents is 1. The maximum atomic E-state index is 10.5. The molecule has 0 saturated carbocycles. The van der Waals surface area contributed by atoms with Gasteiger partial charge in [0.2, 0.25) is 0 Å². The van der Waals surface area contributed by atoms with Crippen LogP contribution in [0.5, 0.6) is 0 Å². The molecule has 0 aliphatic carbocycles. The number of aliphatic hydroxyl groups excluding tert-OH is 1. The second kappa shape index (κ2) is 5.54. The first-order chi connectivity index (χ1) is 6.16. The van der Waals surface area contributed by atoms with E-state index in [1.807, 2.05) is 0 Å². The van der Waals surface area contributed by atoms with Crippen molar-refractivity contribution in [1.82, 2.24) is 0 Å². The lowest BCUT2D eigenvalue weighted by atomic mass is 10.1. The van der Waals surface area contributed by atoms with E-state index in [1.165, 1.54) is 6.07 Å². The van der Waals surface area contributed by atoms with Crippen LogP contribution in [-0.2, 0) is 0 Å². The van der Waals surface area contributed by atoms with E-state index in [0.29, 0.717) is 5.56 Å². The highest BCUT2D eigenvalue weighted by atomic mass is 35.5. The van der Waals surface area contributed by atoms with Gasteiger partial charge in [-0.1, -0.05) is 18.2 Å². The van der Waals surface area contributed by atoms with Crippen LogP contribution in [0.3, 0.4) is 0 Å². The number of benzene rings is 1. The molecule has 6 heteroatoms. The molecule has 0 radical (unpaired) electrons. The van der Waals surface area contributed by atoms with Crippen LogP contribution >= 0.6 is 12.4 Å². The van der Waals surface area contributed by atoms with Crippen molar-refractivity contribution in [1.29, 1.82) is 0 Å². The monoisotopic (exact) mass is 218 g/mol. The van der Waals surface area contributed by atoms with Crippen molar-refractivity contribution in [2.45, 2.75) is 6.04 Å². The minimum atomic E-state index is -0.693. The molecule has 5 nitrogen and oxygen atoms in total. The summed E-state index contributed by atoms with van der Waals surface area (Å²) in [7, 11) is 0. The summed E-state index contributed by atoms with van der Waals surface area (Å²) < 4.78 is 0. The Kier molecular flexibility index (Phi) is 5.07. The smallest absolute Gasteiger partial charge is 0.274 e. The van der Waals surface area contributed by atoms with Gasteiger partial charge in [0.25, 0.3) is 5.69 Å². The lowest BCUT2D eigenvalue weighted by molar-refractivity contribution is -0.385. The van der Waals surface area contributed by atoms with E-state index < -0.39 is 11.0 Å². The Balaban J connectivity index is 0.00000169. The van der Waals surface area contributed by atoms with Crippen molar-refractivity contribution in [2.75, 3.05) is 6.61 Å². The van der Waals surface area contributed by atoms with Gasteiger partial charge in [-0.25, -0.2) is 0 Å². The molecule has 0 heterocycles. The first-order valence-electron chi connectivity index (χ1n) is 3.76. The number of nitrogens with two attached hydrogens (primary N) is 1. The molecule has 1 rings (SSSR count). The highest BCUT2D eigenvalue weighted by Crippen LogP contribution is 2.22. The summed E-state index contributed by atoms with van der Waals surface area (Å²) in [4.78, 5) is 10.0. The molecule has 0 aromatic heterocycles. The number of nitro groups is 1. The van der Waals surface area contributed by atoms with E-state index in [9.17, 15) is 10.1 Å². The lowest BCUT2D eigenvalue weighted by Crippen LogP contribution is -2.15. The topological polar surface area (TPSA) is 89.4 Å². The summed E-state index contributed by atoms with van der Waals surface area (Å²) in [5, 5.41) is 19.3. The van der Waals surface area contributed by atoms with Gasteiger partial charge >= 0.3 is 0 Å². The summed E-state index contributed by atoms with van der Waals surface area (Å²) in [5.41, 5.74) is 5.78. The van der Waals surface area contributed by atoms with Crippen molar-refractivity contribution in [2.24, 2.45) is 5.73 Å². The third-order valence-electron chi connectivity index (χ3n) is 1.73. The summed E-state index contributed by atoms with van der Waals surface area (Å²) in [5.74, 6) is 0. The van der Waals surface area contributed by atoms with Gasteiger partial charge in [-0.3, -0.25) is 10.1 Å². The molecule has 0 spiro atoms. The molecule has 0 aliphatic heterocycles. The van der Waals surface area contributed by atoms with Crippen LogP contribution < -0.4 is 5.73 Å². The largest absolute Gasteiger partial charge is 0.394 e. The molecule has 0 aliphatic rings. The zero-order valence-corrected chi connectivity index (χ0v) is 8.11. The molecule has 14 heavy (non-hydrogen) atoms. The van der Waals surface area contributed by atoms with E-state index in [2.05, 4.69) is 0 Å². The van der Waals surface area contributed by atoms with Crippen LogP contribution in [0, 0.1) is 10.1 Å². The quantitative estimate of drug-likeness (QED) is 0.585. The summed E-state index contributed by atoms with van der Waals surface area (Å²) in [6.07, 6.45) is 0. The fourth-order valence-electron chi connectivity index (χ4n) is 1.07. The molecule has 0 bridgehead atoms. The average molecular weight is 219 g/mol. The van der Waals surface area contributed by atoms with Gasteiger partial charge in [0.05, 0.1) is 17.6 Å². The number of hydrogen-bond acceptors (Lipinski definition) is 4. The average Bonchev–Trinajstić information content (AvgIpc) is 2.16. The van der Waals surface area contributed by atoms with E-state index in [0.717, 1.165) is 0 Å². The van der Waals surface area contributed by atoms with Crippen molar-refractivity contribution in [3.05, 3.63) is 39.9 Å². The van der Waals surface area contributed by atoms with Gasteiger partial charge < -0.3 is 10.8 Å². The van der Waals surface area contributed by atoms with E-state index in [-0.39, 0.29) is 24.7 Å². The van der Waals surface area contributed by atoms with Crippen molar-refractivity contribution in [3.63, 3.8) is 0 Å². The van der Waals surface area contributed by atoms with Crippen LogP contribution in [0.25, 0.3) is 0 Å². The molecule has 0 unspecified atom stereocenters.